The Morgan fingerprint density at radius 1 is 1.00 bits per heavy atom. The molecular formula is C22H20N2O3S2. The molecule has 0 aliphatic carbocycles. The van der Waals surface area contributed by atoms with Crippen LogP contribution in [0.3, 0.4) is 0 Å². The van der Waals surface area contributed by atoms with Crippen molar-refractivity contribution in [3.8, 4) is 10.8 Å². The summed E-state index contributed by atoms with van der Waals surface area (Å²) in [5.74, 6) is 0.540. The van der Waals surface area contributed by atoms with Gasteiger partial charge in [-0.05, 0) is 36.1 Å². The third-order valence-electron chi connectivity index (χ3n) is 4.51. The Morgan fingerprint density at radius 3 is 2.38 bits per heavy atom. The molecule has 0 saturated carbocycles. The van der Waals surface area contributed by atoms with Crippen LogP contribution < -0.4 is 4.90 Å². The van der Waals surface area contributed by atoms with Crippen molar-refractivity contribution in [2.75, 3.05) is 11.9 Å². The Morgan fingerprint density at radius 2 is 1.72 bits per heavy atom. The van der Waals surface area contributed by atoms with Crippen LogP contribution in [0.1, 0.15) is 11.1 Å². The maximum atomic E-state index is 13.4. The van der Waals surface area contributed by atoms with Gasteiger partial charge in [-0.1, -0.05) is 54.1 Å². The monoisotopic (exact) mass is 424 g/mol. The van der Waals surface area contributed by atoms with Crippen LogP contribution in [0, 0.1) is 6.92 Å². The molecule has 4 aromatic rings. The molecule has 2 aromatic carbocycles. The molecular weight excluding hydrogens is 404 g/mol. The maximum Gasteiger partial charge on any atom is 0.240 e. The fourth-order valence-corrected chi connectivity index (χ4v) is 4.98. The molecule has 0 saturated heterocycles. The van der Waals surface area contributed by atoms with E-state index in [1.807, 2.05) is 54.8 Å². The molecule has 0 spiro atoms. The van der Waals surface area contributed by atoms with Crippen molar-refractivity contribution in [2.45, 2.75) is 23.4 Å². The quantitative estimate of drug-likeness (QED) is 0.427. The van der Waals surface area contributed by atoms with Gasteiger partial charge in [-0.15, -0.1) is 11.3 Å². The molecule has 148 valence electrons. The van der Waals surface area contributed by atoms with E-state index in [0.717, 1.165) is 16.0 Å². The fraction of sp³-hybridized carbons (Fsp3) is 0.136. The number of hydrogen-bond acceptors (Lipinski definition) is 6. The number of aromatic nitrogens is 1. The van der Waals surface area contributed by atoms with E-state index in [2.05, 4.69) is 4.98 Å². The lowest BCUT2D eigenvalue weighted by Crippen LogP contribution is -2.18. The van der Waals surface area contributed by atoms with E-state index in [1.165, 1.54) is 11.3 Å². The fourth-order valence-electron chi connectivity index (χ4n) is 2.98. The van der Waals surface area contributed by atoms with Gasteiger partial charge in [0.25, 0.3) is 0 Å². The second-order valence-corrected chi connectivity index (χ2v) is 9.58. The van der Waals surface area contributed by atoms with Crippen LogP contribution in [0.5, 0.6) is 0 Å². The Hall–Kier alpha value is -2.90. The normalized spacial score (nSPS) is 11.5. The predicted octanol–water partition coefficient (Wildman–Crippen LogP) is 5.18. The SMILES string of the molecule is Cc1ccc(S(=O)(=O)c2nc(-c3cccs3)oc2N(C)Cc2ccccc2)cc1. The van der Waals surface area contributed by atoms with Crippen molar-refractivity contribution in [3.05, 3.63) is 83.2 Å². The molecule has 0 atom stereocenters. The Bertz CT molecular complexity index is 1200. The molecule has 0 amide bonds. The predicted molar refractivity (Wildman–Crippen MR) is 115 cm³/mol. The van der Waals surface area contributed by atoms with Crippen molar-refractivity contribution in [1.29, 1.82) is 0 Å². The van der Waals surface area contributed by atoms with E-state index >= 15 is 0 Å². The van der Waals surface area contributed by atoms with Crippen LogP contribution in [0.25, 0.3) is 10.8 Å². The first kappa shape index (κ1) is 19.4. The minimum atomic E-state index is -3.84. The third kappa shape index (κ3) is 3.97. The molecule has 7 heteroatoms. The maximum absolute atomic E-state index is 13.4. The molecule has 0 unspecified atom stereocenters. The van der Waals surface area contributed by atoms with Gasteiger partial charge in [0.1, 0.15) is 0 Å². The van der Waals surface area contributed by atoms with Crippen LogP contribution in [0.4, 0.5) is 5.88 Å². The van der Waals surface area contributed by atoms with Gasteiger partial charge in [-0.3, -0.25) is 0 Å². The first-order valence-corrected chi connectivity index (χ1v) is 11.4. The first-order chi connectivity index (χ1) is 13.9. The molecule has 0 radical (unpaired) electrons. The van der Waals surface area contributed by atoms with Crippen molar-refractivity contribution in [1.82, 2.24) is 4.98 Å². The summed E-state index contributed by atoms with van der Waals surface area (Å²) in [6.07, 6.45) is 0. The highest BCUT2D eigenvalue weighted by molar-refractivity contribution is 7.91. The van der Waals surface area contributed by atoms with Crippen molar-refractivity contribution in [2.24, 2.45) is 0 Å². The zero-order valence-corrected chi connectivity index (χ0v) is 17.7. The van der Waals surface area contributed by atoms with E-state index in [1.54, 1.807) is 36.2 Å². The number of nitrogens with zero attached hydrogens (tertiary/aromatic N) is 2. The molecule has 29 heavy (non-hydrogen) atoms. The highest BCUT2D eigenvalue weighted by Gasteiger charge is 2.30. The second-order valence-electron chi connectivity index (χ2n) is 6.76. The summed E-state index contributed by atoms with van der Waals surface area (Å²) in [6, 6.07) is 20.3. The number of rotatable bonds is 6. The average Bonchev–Trinajstić information content (AvgIpc) is 3.39. The zero-order chi connectivity index (χ0) is 20.4. The molecule has 2 heterocycles. The largest absolute Gasteiger partial charge is 0.418 e. The number of anilines is 1. The number of aryl methyl sites for hydroxylation is 1. The lowest BCUT2D eigenvalue weighted by atomic mass is 10.2. The van der Waals surface area contributed by atoms with E-state index in [4.69, 9.17) is 4.42 Å². The zero-order valence-electron chi connectivity index (χ0n) is 16.1. The van der Waals surface area contributed by atoms with Gasteiger partial charge in [0.15, 0.2) is 0 Å². The summed E-state index contributed by atoms with van der Waals surface area (Å²) >= 11 is 1.45. The first-order valence-electron chi connectivity index (χ1n) is 9.06. The van der Waals surface area contributed by atoms with E-state index < -0.39 is 9.84 Å². The van der Waals surface area contributed by atoms with Gasteiger partial charge < -0.3 is 9.32 Å². The molecule has 5 nitrogen and oxygen atoms in total. The smallest absolute Gasteiger partial charge is 0.240 e. The Labute approximate surface area is 174 Å². The summed E-state index contributed by atoms with van der Waals surface area (Å²) < 4.78 is 32.7. The van der Waals surface area contributed by atoms with Gasteiger partial charge >= 0.3 is 0 Å². The van der Waals surface area contributed by atoms with E-state index in [9.17, 15) is 8.42 Å². The minimum Gasteiger partial charge on any atom is -0.418 e. The molecule has 0 N–H and O–H groups in total. The Kier molecular flexibility index (Phi) is 5.25. The molecule has 0 fully saturated rings. The van der Waals surface area contributed by atoms with Crippen molar-refractivity contribution < 1.29 is 12.8 Å². The van der Waals surface area contributed by atoms with Crippen molar-refractivity contribution in [3.63, 3.8) is 0 Å². The molecule has 0 bridgehead atoms. The summed E-state index contributed by atoms with van der Waals surface area (Å²) in [5, 5.41) is 1.84. The van der Waals surface area contributed by atoms with Crippen LogP contribution >= 0.6 is 11.3 Å². The second kappa shape index (κ2) is 7.85. The average molecular weight is 425 g/mol. The van der Waals surface area contributed by atoms with E-state index in [0.29, 0.717) is 12.4 Å². The van der Waals surface area contributed by atoms with Crippen LogP contribution in [-0.4, -0.2) is 20.4 Å². The van der Waals surface area contributed by atoms with E-state index in [-0.39, 0.29) is 15.8 Å². The number of thiophene rings is 1. The number of sulfone groups is 1. The number of benzene rings is 2. The summed E-state index contributed by atoms with van der Waals surface area (Å²) in [5.41, 5.74) is 2.03. The van der Waals surface area contributed by atoms with Gasteiger partial charge in [-0.2, -0.15) is 4.98 Å². The molecule has 2 aromatic heterocycles. The summed E-state index contributed by atoms with van der Waals surface area (Å²) in [7, 11) is -2.03. The van der Waals surface area contributed by atoms with Gasteiger partial charge in [0, 0.05) is 13.6 Å². The molecule has 0 aliphatic heterocycles. The number of hydrogen-bond donors (Lipinski definition) is 0. The third-order valence-corrected chi connectivity index (χ3v) is 7.03. The standard InChI is InChI=1S/C22H20N2O3S2/c1-16-10-12-18(13-11-16)29(25,26)21-22(24(2)15-17-7-4-3-5-8-17)27-20(23-21)19-9-6-14-28-19/h3-14H,15H2,1-2H3. The highest BCUT2D eigenvalue weighted by Crippen LogP contribution is 2.36. The lowest BCUT2D eigenvalue weighted by molar-refractivity contribution is 0.555. The van der Waals surface area contributed by atoms with Crippen LogP contribution in [-0.2, 0) is 16.4 Å². The lowest BCUT2D eigenvalue weighted by Gasteiger charge is -2.17. The molecule has 4 rings (SSSR count). The molecule has 0 aliphatic rings. The van der Waals surface area contributed by atoms with Crippen molar-refractivity contribution >= 4 is 27.1 Å². The highest BCUT2D eigenvalue weighted by atomic mass is 32.2. The van der Waals surface area contributed by atoms with Gasteiger partial charge in [0.05, 0.1) is 9.77 Å². The van der Waals surface area contributed by atoms with Gasteiger partial charge in [-0.25, -0.2) is 8.42 Å². The van der Waals surface area contributed by atoms with Gasteiger partial charge in [0.2, 0.25) is 26.6 Å². The number of oxazole rings is 1. The minimum absolute atomic E-state index is 0.0665. The topological polar surface area (TPSA) is 63.4 Å². The summed E-state index contributed by atoms with van der Waals surface area (Å²) in [4.78, 5) is 7.16. The summed E-state index contributed by atoms with van der Waals surface area (Å²) in [6.45, 7) is 2.41. The Balaban J connectivity index is 1.80. The van der Waals surface area contributed by atoms with Crippen LogP contribution in [0.15, 0.2) is 86.4 Å². The van der Waals surface area contributed by atoms with Crippen LogP contribution in [0.2, 0.25) is 0 Å².